The number of halogens is 2. The molecule has 1 aliphatic carbocycles. The Labute approximate surface area is 177 Å². The van der Waals surface area contributed by atoms with Crippen LogP contribution in [0.25, 0.3) is 0 Å². The lowest BCUT2D eigenvalue weighted by atomic mass is 9.63. The molecule has 0 aromatic heterocycles. The third kappa shape index (κ3) is 3.49. The van der Waals surface area contributed by atoms with Gasteiger partial charge in [-0.15, -0.1) is 6.58 Å². The van der Waals surface area contributed by atoms with Gasteiger partial charge in [-0.05, 0) is 72.4 Å². The topological polar surface area (TPSA) is 20.3 Å². The maximum atomic E-state index is 12.9. The normalized spacial score (nSPS) is 27.0. The van der Waals surface area contributed by atoms with Crippen LogP contribution in [-0.2, 0) is 4.79 Å². The molecule has 0 bridgehead atoms. The fraction of sp³-hybridized carbons (Fsp3) is 0.375. The zero-order valence-corrected chi connectivity index (χ0v) is 17.6. The smallest absolute Gasteiger partial charge is 0.226 e. The van der Waals surface area contributed by atoms with Crippen molar-refractivity contribution in [2.24, 2.45) is 11.8 Å². The molecule has 0 spiro atoms. The molecule has 4 unspecified atom stereocenters. The Bertz CT molecular complexity index is 892. The monoisotopic (exact) mass is 413 g/mol. The first-order valence-corrected chi connectivity index (χ1v) is 10.7. The molecule has 28 heavy (non-hydrogen) atoms. The first-order chi connectivity index (χ1) is 13.5. The summed E-state index contributed by atoms with van der Waals surface area (Å²) >= 11 is 12.8. The lowest BCUT2D eigenvalue weighted by Crippen LogP contribution is -2.32. The zero-order chi connectivity index (χ0) is 19.8. The van der Waals surface area contributed by atoms with Crippen LogP contribution in [0.3, 0.4) is 0 Å². The summed E-state index contributed by atoms with van der Waals surface area (Å²) in [5.74, 6) is 1.19. The summed E-state index contributed by atoms with van der Waals surface area (Å²) in [6.07, 6.45) is 3.70. The van der Waals surface area contributed by atoms with Crippen molar-refractivity contribution in [3.63, 3.8) is 0 Å². The van der Waals surface area contributed by atoms with Crippen molar-refractivity contribution < 1.29 is 4.79 Å². The van der Waals surface area contributed by atoms with Crippen LogP contribution in [0.2, 0.25) is 10.0 Å². The number of aryl methyl sites for hydroxylation is 1. The number of benzene rings is 2. The van der Waals surface area contributed by atoms with Crippen LogP contribution in [0.5, 0.6) is 0 Å². The minimum atomic E-state index is 0.0844. The molecule has 1 amide bonds. The summed E-state index contributed by atoms with van der Waals surface area (Å²) in [5, 5.41) is 1.56. The van der Waals surface area contributed by atoms with Crippen LogP contribution in [0.1, 0.15) is 41.4 Å². The summed E-state index contributed by atoms with van der Waals surface area (Å²) < 4.78 is 0. The number of carbonyl (C=O) groups excluding carboxylic acids is 1. The predicted molar refractivity (Wildman–Crippen MR) is 116 cm³/mol. The van der Waals surface area contributed by atoms with Gasteiger partial charge in [0.2, 0.25) is 5.91 Å². The molecule has 1 saturated heterocycles. The SMILES string of the molecule is C=CCN1CC2C(CCC(c3ccc(C)cc3Cl)C2c2ccc(Cl)cc2)C1=O. The van der Waals surface area contributed by atoms with Crippen molar-refractivity contribution in [3.05, 3.63) is 81.9 Å². The highest BCUT2D eigenvalue weighted by Gasteiger charge is 2.49. The van der Waals surface area contributed by atoms with Gasteiger partial charge in [-0.25, -0.2) is 0 Å². The van der Waals surface area contributed by atoms with E-state index in [2.05, 4.69) is 37.8 Å². The summed E-state index contributed by atoms with van der Waals surface area (Å²) in [6, 6.07) is 14.5. The van der Waals surface area contributed by atoms with Crippen molar-refractivity contribution in [2.75, 3.05) is 13.1 Å². The van der Waals surface area contributed by atoms with E-state index in [4.69, 9.17) is 23.2 Å². The molecular weight excluding hydrogens is 389 g/mol. The van der Waals surface area contributed by atoms with E-state index in [0.717, 1.165) is 29.4 Å². The van der Waals surface area contributed by atoms with Crippen LogP contribution in [0.4, 0.5) is 0 Å². The fourth-order valence-corrected chi connectivity index (χ4v) is 5.70. The number of fused-ring (bicyclic) bond motifs is 1. The van der Waals surface area contributed by atoms with Gasteiger partial charge in [0.1, 0.15) is 0 Å². The quantitative estimate of drug-likeness (QED) is 0.544. The zero-order valence-electron chi connectivity index (χ0n) is 16.1. The van der Waals surface area contributed by atoms with Crippen LogP contribution >= 0.6 is 23.2 Å². The molecule has 146 valence electrons. The van der Waals surface area contributed by atoms with Crippen molar-refractivity contribution in [1.82, 2.24) is 4.90 Å². The van der Waals surface area contributed by atoms with Gasteiger partial charge in [-0.1, -0.05) is 53.5 Å². The number of carbonyl (C=O) groups is 1. The van der Waals surface area contributed by atoms with E-state index in [-0.39, 0.29) is 23.7 Å². The molecule has 0 radical (unpaired) electrons. The number of hydrogen-bond donors (Lipinski definition) is 0. The number of hydrogen-bond acceptors (Lipinski definition) is 1. The minimum absolute atomic E-state index is 0.0844. The first-order valence-electron chi connectivity index (χ1n) is 9.90. The average Bonchev–Trinajstić information content (AvgIpc) is 2.98. The Balaban J connectivity index is 1.77. The van der Waals surface area contributed by atoms with Crippen molar-refractivity contribution in [1.29, 1.82) is 0 Å². The van der Waals surface area contributed by atoms with Crippen LogP contribution < -0.4 is 0 Å². The maximum Gasteiger partial charge on any atom is 0.226 e. The molecule has 2 aliphatic rings. The van der Waals surface area contributed by atoms with Gasteiger partial charge in [0.25, 0.3) is 0 Å². The highest BCUT2D eigenvalue weighted by atomic mass is 35.5. The third-order valence-corrected chi connectivity index (χ3v) is 7.00. The lowest BCUT2D eigenvalue weighted by Gasteiger charge is -2.40. The minimum Gasteiger partial charge on any atom is -0.338 e. The molecule has 1 heterocycles. The molecule has 2 aromatic rings. The second-order valence-corrected chi connectivity index (χ2v) is 8.93. The van der Waals surface area contributed by atoms with E-state index in [1.807, 2.05) is 29.2 Å². The van der Waals surface area contributed by atoms with Crippen molar-refractivity contribution in [2.45, 2.75) is 31.6 Å². The Morgan fingerprint density at radius 1 is 1.11 bits per heavy atom. The van der Waals surface area contributed by atoms with Crippen LogP contribution in [0, 0.1) is 18.8 Å². The number of nitrogens with zero attached hydrogens (tertiary/aromatic N) is 1. The molecule has 4 atom stereocenters. The van der Waals surface area contributed by atoms with Crippen LogP contribution in [-0.4, -0.2) is 23.9 Å². The second kappa shape index (κ2) is 7.93. The summed E-state index contributed by atoms with van der Waals surface area (Å²) in [7, 11) is 0. The molecule has 4 rings (SSSR count). The molecule has 0 N–H and O–H groups in total. The second-order valence-electron chi connectivity index (χ2n) is 8.09. The summed E-state index contributed by atoms with van der Waals surface area (Å²) in [4.78, 5) is 14.9. The van der Waals surface area contributed by atoms with Gasteiger partial charge < -0.3 is 4.90 Å². The van der Waals surface area contributed by atoms with Crippen molar-refractivity contribution in [3.8, 4) is 0 Å². The Morgan fingerprint density at radius 2 is 1.82 bits per heavy atom. The highest BCUT2D eigenvalue weighted by Crippen LogP contribution is 2.53. The lowest BCUT2D eigenvalue weighted by molar-refractivity contribution is -0.131. The maximum absolute atomic E-state index is 12.9. The van der Waals surface area contributed by atoms with E-state index in [1.165, 1.54) is 16.7 Å². The van der Waals surface area contributed by atoms with E-state index in [0.29, 0.717) is 12.5 Å². The van der Waals surface area contributed by atoms with E-state index in [9.17, 15) is 4.79 Å². The third-order valence-electron chi connectivity index (χ3n) is 6.42. The van der Waals surface area contributed by atoms with E-state index < -0.39 is 0 Å². The molecule has 2 nitrogen and oxygen atoms in total. The van der Waals surface area contributed by atoms with E-state index >= 15 is 0 Å². The Kier molecular flexibility index (Phi) is 5.53. The molecule has 2 aromatic carbocycles. The van der Waals surface area contributed by atoms with Crippen LogP contribution in [0.15, 0.2) is 55.1 Å². The molecular formula is C24H25Cl2NO. The van der Waals surface area contributed by atoms with E-state index in [1.54, 1.807) is 0 Å². The standard InChI is InChI=1S/C24H25Cl2NO/c1-3-12-27-14-21-20(24(27)28)11-10-19(18-9-4-15(2)13-22(18)26)23(21)16-5-7-17(25)8-6-16/h3-9,13,19-21,23H,1,10-12,14H2,2H3. The van der Waals surface area contributed by atoms with Gasteiger partial charge >= 0.3 is 0 Å². The Hall–Kier alpha value is -1.77. The number of amides is 1. The molecule has 1 aliphatic heterocycles. The summed E-state index contributed by atoms with van der Waals surface area (Å²) in [6.45, 7) is 7.28. The van der Waals surface area contributed by atoms with Gasteiger partial charge in [-0.3, -0.25) is 4.79 Å². The molecule has 1 saturated carbocycles. The van der Waals surface area contributed by atoms with Crippen molar-refractivity contribution >= 4 is 29.1 Å². The number of likely N-dealkylation sites (tertiary alicyclic amines) is 1. The predicted octanol–water partition coefficient (Wildman–Crippen LogP) is 6.22. The Morgan fingerprint density at radius 3 is 2.50 bits per heavy atom. The van der Waals surface area contributed by atoms with Gasteiger partial charge in [0, 0.05) is 29.1 Å². The van der Waals surface area contributed by atoms with Gasteiger partial charge in [0.05, 0.1) is 0 Å². The molecule has 4 heteroatoms. The number of rotatable bonds is 4. The fourth-order valence-electron chi connectivity index (χ4n) is 5.19. The largest absolute Gasteiger partial charge is 0.338 e. The van der Waals surface area contributed by atoms with Gasteiger partial charge in [-0.2, -0.15) is 0 Å². The first kappa shape index (κ1) is 19.5. The highest BCUT2D eigenvalue weighted by molar-refractivity contribution is 6.31. The molecule has 2 fully saturated rings. The average molecular weight is 414 g/mol. The van der Waals surface area contributed by atoms with Gasteiger partial charge in [0.15, 0.2) is 0 Å². The summed E-state index contributed by atoms with van der Waals surface area (Å²) in [5.41, 5.74) is 3.60.